The molecule has 0 bridgehead atoms. The number of rotatable bonds is 4. The van der Waals surface area contributed by atoms with E-state index in [0.717, 1.165) is 28.0 Å². The zero-order valence-corrected chi connectivity index (χ0v) is 14.3. The molecule has 2 aromatic carbocycles. The summed E-state index contributed by atoms with van der Waals surface area (Å²) in [5.41, 5.74) is 4.37. The molecule has 0 unspecified atom stereocenters. The van der Waals surface area contributed by atoms with E-state index < -0.39 is 0 Å². The van der Waals surface area contributed by atoms with Crippen LogP contribution in [-0.2, 0) is 5.75 Å². The monoisotopic (exact) mass is 351 g/mol. The van der Waals surface area contributed by atoms with Gasteiger partial charge in [-0.1, -0.05) is 23.9 Å². The Morgan fingerprint density at radius 2 is 1.72 bits per heavy atom. The summed E-state index contributed by atoms with van der Waals surface area (Å²) in [5.74, 6) is 0.958. The van der Waals surface area contributed by atoms with Crippen molar-refractivity contribution in [1.82, 2.24) is 15.0 Å². The topological polar surface area (TPSA) is 51.8 Å². The average Bonchev–Trinajstić information content (AvgIpc) is 3.09. The molecule has 0 atom stereocenters. The molecule has 0 aliphatic carbocycles. The number of oxazole rings is 1. The van der Waals surface area contributed by atoms with E-state index in [1.165, 1.54) is 23.9 Å². The number of aromatic nitrogens is 3. The molecule has 0 spiro atoms. The Morgan fingerprint density at radius 1 is 1.00 bits per heavy atom. The molecule has 0 fully saturated rings. The molecule has 4 rings (SSSR count). The Balaban J connectivity index is 1.52. The van der Waals surface area contributed by atoms with Gasteiger partial charge in [-0.3, -0.25) is 0 Å². The van der Waals surface area contributed by atoms with Gasteiger partial charge in [0, 0.05) is 11.3 Å². The van der Waals surface area contributed by atoms with E-state index in [-0.39, 0.29) is 5.82 Å². The number of benzene rings is 2. The second-order valence-corrected chi connectivity index (χ2v) is 6.46. The zero-order chi connectivity index (χ0) is 17.2. The first kappa shape index (κ1) is 15.8. The largest absolute Gasteiger partial charge is 0.431 e. The summed E-state index contributed by atoms with van der Waals surface area (Å²) in [4.78, 5) is 13.5. The molecule has 0 saturated carbocycles. The summed E-state index contributed by atoms with van der Waals surface area (Å²) >= 11 is 1.46. The fourth-order valence-corrected chi connectivity index (χ4v) is 3.27. The van der Waals surface area contributed by atoms with Crippen LogP contribution in [0, 0.1) is 12.7 Å². The molecular formula is C19H14FN3OS. The number of hydrogen-bond acceptors (Lipinski definition) is 5. The normalized spacial score (nSPS) is 11.1. The van der Waals surface area contributed by atoms with Crippen molar-refractivity contribution < 1.29 is 8.81 Å². The smallest absolute Gasteiger partial charge is 0.256 e. The molecule has 4 aromatic rings. The number of aryl methyl sites for hydroxylation is 1. The highest BCUT2D eigenvalue weighted by atomic mass is 32.2. The van der Waals surface area contributed by atoms with E-state index in [1.807, 2.05) is 31.2 Å². The third-order valence-corrected chi connectivity index (χ3v) is 4.64. The predicted octanol–water partition coefficient (Wildman–Crippen LogP) is 5.02. The third-order valence-electron chi connectivity index (χ3n) is 3.79. The van der Waals surface area contributed by atoms with Crippen LogP contribution in [0.3, 0.4) is 0 Å². The van der Waals surface area contributed by atoms with Crippen LogP contribution in [0.15, 0.2) is 64.4 Å². The minimum atomic E-state index is -0.275. The van der Waals surface area contributed by atoms with Crippen molar-refractivity contribution >= 4 is 22.8 Å². The van der Waals surface area contributed by atoms with E-state index in [0.29, 0.717) is 16.7 Å². The second-order valence-electron chi connectivity index (χ2n) is 5.53. The maximum Gasteiger partial charge on any atom is 0.256 e. The molecule has 124 valence electrons. The van der Waals surface area contributed by atoms with Crippen molar-refractivity contribution in [2.24, 2.45) is 0 Å². The van der Waals surface area contributed by atoms with E-state index in [1.54, 1.807) is 18.3 Å². The van der Waals surface area contributed by atoms with E-state index in [9.17, 15) is 4.39 Å². The highest BCUT2D eigenvalue weighted by Crippen LogP contribution is 2.28. The van der Waals surface area contributed by atoms with Gasteiger partial charge in [0.1, 0.15) is 5.82 Å². The molecule has 0 amide bonds. The number of thioether (sulfide) groups is 1. The van der Waals surface area contributed by atoms with Crippen LogP contribution in [0.2, 0.25) is 0 Å². The fourth-order valence-electron chi connectivity index (χ4n) is 2.46. The molecule has 4 nitrogen and oxygen atoms in total. The second kappa shape index (κ2) is 6.64. The van der Waals surface area contributed by atoms with Gasteiger partial charge < -0.3 is 4.42 Å². The summed E-state index contributed by atoms with van der Waals surface area (Å²) in [5, 5.41) is 0.550. The fraction of sp³-hybridized carbons (Fsp3) is 0.105. The summed E-state index contributed by atoms with van der Waals surface area (Å²) in [7, 11) is 0. The molecule has 0 radical (unpaired) electrons. The van der Waals surface area contributed by atoms with Crippen molar-refractivity contribution in [3.8, 4) is 11.3 Å². The SMILES string of the molecule is Cc1nc2ccccc2nc1CSc1ncc(-c2ccc(F)cc2)o1. The van der Waals surface area contributed by atoms with E-state index in [4.69, 9.17) is 4.42 Å². The predicted molar refractivity (Wildman–Crippen MR) is 95.7 cm³/mol. The van der Waals surface area contributed by atoms with Crippen LogP contribution in [0.25, 0.3) is 22.4 Å². The quantitative estimate of drug-likeness (QED) is 0.483. The lowest BCUT2D eigenvalue weighted by atomic mass is 10.2. The summed E-state index contributed by atoms with van der Waals surface area (Å²) in [6.45, 7) is 1.95. The van der Waals surface area contributed by atoms with Gasteiger partial charge in [0.2, 0.25) is 0 Å². The number of hydrogen-bond donors (Lipinski definition) is 0. The van der Waals surface area contributed by atoms with Crippen LogP contribution < -0.4 is 0 Å². The molecular weight excluding hydrogens is 337 g/mol. The maximum absolute atomic E-state index is 13.0. The van der Waals surface area contributed by atoms with Crippen LogP contribution >= 0.6 is 11.8 Å². The van der Waals surface area contributed by atoms with Gasteiger partial charge in [-0.15, -0.1) is 0 Å². The number of halogens is 1. The third kappa shape index (κ3) is 3.39. The van der Waals surface area contributed by atoms with Crippen molar-refractivity contribution in [1.29, 1.82) is 0 Å². The van der Waals surface area contributed by atoms with Gasteiger partial charge in [-0.25, -0.2) is 19.3 Å². The lowest BCUT2D eigenvalue weighted by molar-refractivity contribution is 0.466. The van der Waals surface area contributed by atoms with Crippen LogP contribution in [-0.4, -0.2) is 15.0 Å². The highest BCUT2D eigenvalue weighted by molar-refractivity contribution is 7.98. The standard InChI is InChI=1S/C19H14FN3OS/c1-12-17(23-16-5-3-2-4-15(16)22-12)11-25-19-21-10-18(24-19)13-6-8-14(20)9-7-13/h2-10H,11H2,1H3. The number of nitrogens with zero attached hydrogens (tertiary/aromatic N) is 3. The minimum Gasteiger partial charge on any atom is -0.431 e. The first-order valence-corrected chi connectivity index (χ1v) is 8.74. The Bertz CT molecular complexity index is 1030. The molecule has 25 heavy (non-hydrogen) atoms. The van der Waals surface area contributed by atoms with E-state index in [2.05, 4.69) is 15.0 Å². The van der Waals surface area contributed by atoms with Gasteiger partial charge in [-0.2, -0.15) is 0 Å². The highest BCUT2D eigenvalue weighted by Gasteiger charge is 2.10. The molecule has 6 heteroatoms. The van der Waals surface area contributed by atoms with Gasteiger partial charge in [0.05, 0.1) is 28.6 Å². The number of fused-ring (bicyclic) bond motifs is 1. The Kier molecular flexibility index (Phi) is 4.19. The van der Waals surface area contributed by atoms with Gasteiger partial charge >= 0.3 is 0 Å². The lowest BCUT2D eigenvalue weighted by Gasteiger charge is -2.05. The Morgan fingerprint density at radius 3 is 2.48 bits per heavy atom. The van der Waals surface area contributed by atoms with Crippen molar-refractivity contribution in [3.05, 3.63) is 71.9 Å². The maximum atomic E-state index is 13.0. The van der Waals surface area contributed by atoms with E-state index >= 15 is 0 Å². The summed E-state index contributed by atoms with van der Waals surface area (Å²) < 4.78 is 18.7. The number of para-hydroxylation sites is 2. The molecule has 2 heterocycles. The molecule has 2 aromatic heterocycles. The Hall–Kier alpha value is -2.73. The molecule has 0 aliphatic heterocycles. The van der Waals surface area contributed by atoms with Crippen molar-refractivity contribution in [2.45, 2.75) is 17.9 Å². The summed E-state index contributed by atoms with van der Waals surface area (Å²) in [6, 6.07) is 14.0. The van der Waals surface area contributed by atoms with Gasteiger partial charge in [0.15, 0.2) is 5.76 Å². The van der Waals surface area contributed by atoms with Crippen LogP contribution in [0.1, 0.15) is 11.4 Å². The van der Waals surface area contributed by atoms with Crippen molar-refractivity contribution in [3.63, 3.8) is 0 Å². The molecule has 0 N–H and O–H groups in total. The zero-order valence-electron chi connectivity index (χ0n) is 13.4. The summed E-state index contributed by atoms with van der Waals surface area (Å²) in [6.07, 6.45) is 1.65. The van der Waals surface area contributed by atoms with Gasteiger partial charge in [0.25, 0.3) is 5.22 Å². The minimum absolute atomic E-state index is 0.275. The van der Waals surface area contributed by atoms with Gasteiger partial charge in [-0.05, 0) is 43.3 Å². The molecule has 0 aliphatic rings. The molecule has 0 saturated heterocycles. The lowest BCUT2D eigenvalue weighted by Crippen LogP contribution is -1.96. The van der Waals surface area contributed by atoms with Crippen molar-refractivity contribution in [2.75, 3.05) is 0 Å². The Labute approximate surface area is 148 Å². The van der Waals surface area contributed by atoms with Crippen LogP contribution in [0.5, 0.6) is 0 Å². The first-order chi connectivity index (χ1) is 12.2. The first-order valence-electron chi connectivity index (χ1n) is 7.76. The average molecular weight is 351 g/mol. The van der Waals surface area contributed by atoms with Crippen LogP contribution in [0.4, 0.5) is 4.39 Å².